The number of ketones is 1. The highest BCUT2D eigenvalue weighted by Gasteiger charge is 2.15. The summed E-state index contributed by atoms with van der Waals surface area (Å²) in [4.78, 5) is 12.1. The molecule has 0 radical (unpaired) electrons. The Labute approximate surface area is 134 Å². The molecule has 8 heteroatoms. The summed E-state index contributed by atoms with van der Waals surface area (Å²) in [6.07, 6.45) is 1.49. The average Bonchev–Trinajstić information content (AvgIpc) is 3.23. The van der Waals surface area contributed by atoms with Crippen molar-refractivity contribution in [2.75, 3.05) is 12.9 Å². The summed E-state index contributed by atoms with van der Waals surface area (Å²) in [5.74, 6) is -0.0101. The van der Waals surface area contributed by atoms with Crippen LogP contribution in [-0.4, -0.2) is 28.8 Å². The lowest BCUT2D eigenvalue weighted by Gasteiger charge is -2.03. The molecule has 118 valence electrons. The summed E-state index contributed by atoms with van der Waals surface area (Å²) in [7, 11) is 1.36. The largest absolute Gasteiger partial charge is 0.494 e. The van der Waals surface area contributed by atoms with Crippen molar-refractivity contribution in [1.29, 1.82) is 0 Å². The number of ether oxygens (including phenoxy) is 1. The minimum Gasteiger partial charge on any atom is -0.494 e. The Hall–Kier alpha value is -2.61. The second kappa shape index (κ2) is 6.66. The molecule has 2 aromatic heterocycles. The van der Waals surface area contributed by atoms with Gasteiger partial charge in [0, 0.05) is 5.56 Å². The van der Waals surface area contributed by atoms with Gasteiger partial charge in [-0.1, -0.05) is 11.8 Å². The number of benzene rings is 1. The third kappa shape index (κ3) is 3.42. The van der Waals surface area contributed by atoms with E-state index in [1.807, 2.05) is 0 Å². The van der Waals surface area contributed by atoms with E-state index in [-0.39, 0.29) is 34.0 Å². The SMILES string of the molecule is COc1ccc(C(=O)CSc2nnc(-c3ccco3)o2)cc1F. The van der Waals surface area contributed by atoms with Gasteiger partial charge in [0.15, 0.2) is 23.1 Å². The zero-order valence-electron chi connectivity index (χ0n) is 12.0. The van der Waals surface area contributed by atoms with Crippen molar-refractivity contribution in [1.82, 2.24) is 10.2 Å². The lowest BCUT2D eigenvalue weighted by atomic mass is 10.1. The molecule has 0 spiro atoms. The van der Waals surface area contributed by atoms with Crippen LogP contribution in [0.2, 0.25) is 0 Å². The molecule has 0 saturated heterocycles. The summed E-state index contributed by atoms with van der Waals surface area (Å²) < 4.78 is 28.9. The zero-order chi connectivity index (χ0) is 16.2. The molecule has 0 aliphatic rings. The summed E-state index contributed by atoms with van der Waals surface area (Å²) in [5.41, 5.74) is 0.251. The monoisotopic (exact) mass is 334 g/mol. The second-order valence-corrected chi connectivity index (χ2v) is 5.34. The van der Waals surface area contributed by atoms with Gasteiger partial charge in [-0.3, -0.25) is 4.79 Å². The van der Waals surface area contributed by atoms with Crippen molar-refractivity contribution >= 4 is 17.5 Å². The Bertz CT molecular complexity index is 817. The number of aromatic nitrogens is 2. The van der Waals surface area contributed by atoms with E-state index in [9.17, 15) is 9.18 Å². The smallest absolute Gasteiger partial charge is 0.284 e. The Morgan fingerprint density at radius 2 is 2.22 bits per heavy atom. The van der Waals surface area contributed by atoms with E-state index in [0.29, 0.717) is 5.76 Å². The molecule has 0 atom stereocenters. The molecule has 2 heterocycles. The van der Waals surface area contributed by atoms with Crippen LogP contribution in [-0.2, 0) is 0 Å². The fourth-order valence-corrected chi connectivity index (χ4v) is 2.48. The number of carbonyl (C=O) groups is 1. The van der Waals surface area contributed by atoms with Crippen LogP contribution < -0.4 is 4.74 Å². The number of rotatable bonds is 6. The van der Waals surface area contributed by atoms with Gasteiger partial charge in [-0.05, 0) is 30.3 Å². The summed E-state index contributed by atoms with van der Waals surface area (Å²) in [6.45, 7) is 0. The standard InChI is InChI=1S/C15H11FN2O4S/c1-20-12-5-4-9(7-10(12)16)11(19)8-23-15-18-17-14(22-15)13-3-2-6-21-13/h2-7H,8H2,1H3. The first kappa shape index (κ1) is 15.3. The molecule has 0 N–H and O–H groups in total. The molecule has 1 aromatic carbocycles. The maximum Gasteiger partial charge on any atom is 0.284 e. The Morgan fingerprint density at radius 3 is 2.91 bits per heavy atom. The number of furan rings is 1. The summed E-state index contributed by atoms with van der Waals surface area (Å²) >= 11 is 1.07. The molecule has 0 bridgehead atoms. The van der Waals surface area contributed by atoms with E-state index < -0.39 is 5.82 Å². The van der Waals surface area contributed by atoms with Crippen LogP contribution in [0.25, 0.3) is 11.7 Å². The fraction of sp³-hybridized carbons (Fsp3) is 0.133. The van der Waals surface area contributed by atoms with Crippen LogP contribution in [0.3, 0.4) is 0 Å². The number of Topliss-reactive ketones (excluding diaryl/α,β-unsaturated/α-hetero) is 1. The molecule has 23 heavy (non-hydrogen) atoms. The van der Waals surface area contributed by atoms with Crippen LogP contribution in [0.4, 0.5) is 4.39 Å². The highest BCUT2D eigenvalue weighted by atomic mass is 32.2. The van der Waals surface area contributed by atoms with Gasteiger partial charge in [0.1, 0.15) is 0 Å². The van der Waals surface area contributed by atoms with Crippen LogP contribution >= 0.6 is 11.8 Å². The molecule has 0 fully saturated rings. The number of nitrogens with zero attached hydrogens (tertiary/aromatic N) is 2. The third-order valence-corrected chi connectivity index (χ3v) is 3.76. The molecular weight excluding hydrogens is 323 g/mol. The van der Waals surface area contributed by atoms with Gasteiger partial charge in [0.2, 0.25) is 0 Å². The summed E-state index contributed by atoms with van der Waals surface area (Å²) in [6, 6.07) is 7.45. The van der Waals surface area contributed by atoms with E-state index in [4.69, 9.17) is 13.6 Å². The maximum absolute atomic E-state index is 13.6. The van der Waals surface area contributed by atoms with Gasteiger partial charge in [-0.15, -0.1) is 10.2 Å². The van der Waals surface area contributed by atoms with Crippen molar-refractivity contribution in [2.24, 2.45) is 0 Å². The molecule has 6 nitrogen and oxygen atoms in total. The number of methoxy groups -OCH3 is 1. The van der Waals surface area contributed by atoms with Gasteiger partial charge in [-0.25, -0.2) is 4.39 Å². The first-order chi connectivity index (χ1) is 11.2. The minimum absolute atomic E-state index is 0.0472. The highest BCUT2D eigenvalue weighted by molar-refractivity contribution is 7.99. The molecular formula is C15H11FN2O4S. The maximum atomic E-state index is 13.6. The number of hydrogen-bond acceptors (Lipinski definition) is 7. The van der Waals surface area contributed by atoms with E-state index in [1.54, 1.807) is 12.1 Å². The summed E-state index contributed by atoms with van der Waals surface area (Å²) in [5, 5.41) is 7.88. The van der Waals surface area contributed by atoms with Crippen molar-refractivity contribution in [3.8, 4) is 17.4 Å². The topological polar surface area (TPSA) is 78.4 Å². The molecule has 0 aliphatic carbocycles. The van der Waals surface area contributed by atoms with Gasteiger partial charge in [0.05, 0.1) is 19.1 Å². The van der Waals surface area contributed by atoms with E-state index in [0.717, 1.165) is 17.8 Å². The normalized spacial score (nSPS) is 10.7. The third-order valence-electron chi connectivity index (χ3n) is 2.94. The van der Waals surface area contributed by atoms with Crippen molar-refractivity contribution in [3.63, 3.8) is 0 Å². The first-order valence-electron chi connectivity index (χ1n) is 6.54. The van der Waals surface area contributed by atoms with Gasteiger partial charge in [0.25, 0.3) is 11.1 Å². The zero-order valence-corrected chi connectivity index (χ0v) is 12.8. The van der Waals surface area contributed by atoms with Crippen LogP contribution in [0.1, 0.15) is 10.4 Å². The van der Waals surface area contributed by atoms with E-state index >= 15 is 0 Å². The Balaban J connectivity index is 1.64. The molecule has 0 amide bonds. The molecule has 0 unspecified atom stereocenters. The predicted molar refractivity (Wildman–Crippen MR) is 80.0 cm³/mol. The lowest BCUT2D eigenvalue weighted by molar-refractivity contribution is 0.102. The van der Waals surface area contributed by atoms with E-state index in [1.165, 1.54) is 25.5 Å². The minimum atomic E-state index is -0.582. The Morgan fingerprint density at radius 1 is 1.35 bits per heavy atom. The fourth-order valence-electron chi connectivity index (χ4n) is 1.82. The first-order valence-corrected chi connectivity index (χ1v) is 7.53. The van der Waals surface area contributed by atoms with Gasteiger partial charge in [-0.2, -0.15) is 0 Å². The lowest BCUT2D eigenvalue weighted by Crippen LogP contribution is -2.03. The van der Waals surface area contributed by atoms with E-state index in [2.05, 4.69) is 10.2 Å². The number of hydrogen-bond donors (Lipinski definition) is 0. The second-order valence-electron chi connectivity index (χ2n) is 4.41. The number of carbonyl (C=O) groups excluding carboxylic acids is 1. The van der Waals surface area contributed by atoms with Crippen LogP contribution in [0.5, 0.6) is 5.75 Å². The quantitative estimate of drug-likeness (QED) is 0.504. The van der Waals surface area contributed by atoms with Crippen molar-refractivity contribution < 1.29 is 22.8 Å². The average molecular weight is 334 g/mol. The van der Waals surface area contributed by atoms with Crippen LogP contribution in [0.15, 0.2) is 50.7 Å². The van der Waals surface area contributed by atoms with Gasteiger partial charge >= 0.3 is 0 Å². The number of halogens is 1. The number of thioether (sulfide) groups is 1. The van der Waals surface area contributed by atoms with Crippen LogP contribution in [0, 0.1) is 5.82 Å². The Kier molecular flexibility index (Phi) is 4.42. The van der Waals surface area contributed by atoms with Crippen molar-refractivity contribution in [3.05, 3.63) is 48.0 Å². The molecule has 3 rings (SSSR count). The molecule has 0 aliphatic heterocycles. The van der Waals surface area contributed by atoms with Gasteiger partial charge < -0.3 is 13.6 Å². The predicted octanol–water partition coefficient (Wildman–Crippen LogP) is 3.45. The molecule has 3 aromatic rings. The van der Waals surface area contributed by atoms with Crippen molar-refractivity contribution in [2.45, 2.75) is 5.22 Å². The molecule has 0 saturated carbocycles. The highest BCUT2D eigenvalue weighted by Crippen LogP contribution is 2.24.